The summed E-state index contributed by atoms with van der Waals surface area (Å²) in [6.45, 7) is 22.5. The van der Waals surface area contributed by atoms with Gasteiger partial charge in [-0.1, -0.05) is 240 Å². The molecule has 762 valence electrons. The number of hydrogen-bond donors (Lipinski definition) is 13. The average molecular weight is 2180 g/mol. The molecule has 0 fully saturated rings. The third kappa shape index (κ3) is 46.9. The summed E-state index contributed by atoms with van der Waals surface area (Å²) in [6.07, 6.45) is 27.0. The maximum Gasteiger partial charge on any atom is 1.00 e. The first-order chi connectivity index (χ1) is 65.7. The Hall–Kier alpha value is -11.5. The first-order valence-electron chi connectivity index (χ1n) is 43.1. The second kappa shape index (κ2) is 71.1. The molecule has 5 amide bonds. The molecule has 0 unspecified atom stereocenters. The summed E-state index contributed by atoms with van der Waals surface area (Å²) in [5.41, 5.74) is 27.8. The largest absolute Gasteiger partial charge is 1.00 e. The molecule has 143 heavy (non-hydrogen) atoms. The molecule has 10 aromatic rings. The molecular formula is C113H135Br3F2KN5O19. The van der Waals surface area contributed by atoms with Crippen LogP contribution in [0, 0.1) is 23.8 Å². The van der Waals surface area contributed by atoms with Gasteiger partial charge in [-0.15, -0.1) is 0 Å². The predicted octanol–water partition coefficient (Wildman–Crippen LogP) is 23.0. The fourth-order valence-electron chi connectivity index (χ4n) is 12.6. The number of allylic oxidation sites excluding steroid dienone is 10. The van der Waals surface area contributed by atoms with E-state index in [1.54, 1.807) is 89.3 Å². The number of amides is 5. The van der Waals surface area contributed by atoms with Crippen LogP contribution in [0.1, 0.15) is 207 Å². The number of aryl methyl sites for hydroxylation is 1. The Morgan fingerprint density at radius 1 is 0.315 bits per heavy atom. The molecule has 0 heterocycles. The molecule has 0 aromatic heterocycles. The van der Waals surface area contributed by atoms with Gasteiger partial charge in [0.05, 0.1) is 26.4 Å². The van der Waals surface area contributed by atoms with E-state index >= 15 is 0 Å². The van der Waals surface area contributed by atoms with Gasteiger partial charge in [-0.3, -0.25) is 44.8 Å². The van der Waals surface area contributed by atoms with Crippen molar-refractivity contribution < 1.29 is 149 Å². The van der Waals surface area contributed by atoms with Gasteiger partial charge in [0.1, 0.15) is 71.7 Å². The van der Waals surface area contributed by atoms with E-state index < -0.39 is 29.5 Å². The summed E-state index contributed by atoms with van der Waals surface area (Å²) in [5, 5.41) is 84.2. The van der Waals surface area contributed by atoms with Crippen LogP contribution in [0.4, 0.5) is 8.78 Å². The van der Waals surface area contributed by atoms with Gasteiger partial charge >= 0.3 is 51.4 Å². The molecular weight excluding hydrogens is 2050 g/mol. The monoisotopic (exact) mass is 2180 g/mol. The molecule has 10 aromatic carbocycles. The Kier molecular flexibility index (Phi) is 65.4. The fourth-order valence-corrected chi connectivity index (χ4v) is 13.4. The molecule has 0 radical (unpaired) electrons. The molecule has 0 aliphatic heterocycles. The van der Waals surface area contributed by atoms with Gasteiger partial charge in [0.2, 0.25) is 5.91 Å². The molecule has 0 saturated carbocycles. The zero-order valence-electron chi connectivity index (χ0n) is 78.9. The van der Waals surface area contributed by atoms with Crippen LogP contribution < -0.4 is 102 Å². The van der Waals surface area contributed by atoms with Crippen LogP contribution in [0.15, 0.2) is 284 Å². The average Bonchev–Trinajstić information content (AvgIpc) is 0.832. The minimum Gasteiger partial charge on any atom is -0.759 e. The Balaban J connectivity index is 0.00000174. The third-order valence-electron chi connectivity index (χ3n) is 19.9. The number of aliphatic hydroxyl groups is 4. The van der Waals surface area contributed by atoms with E-state index in [2.05, 4.69) is 79.9 Å². The van der Waals surface area contributed by atoms with Crippen molar-refractivity contribution in [1.82, 2.24) is 27.4 Å². The van der Waals surface area contributed by atoms with Crippen LogP contribution in [0.25, 0.3) is 30.4 Å². The summed E-state index contributed by atoms with van der Waals surface area (Å²) in [7, 11) is 0. The van der Waals surface area contributed by atoms with Crippen molar-refractivity contribution in [2.75, 3.05) is 0 Å². The van der Waals surface area contributed by atoms with Crippen LogP contribution in [-0.2, 0) is 102 Å². The second-order valence-corrected chi connectivity index (χ2v) is 34.5. The van der Waals surface area contributed by atoms with Crippen LogP contribution in [0.5, 0.6) is 40.2 Å². The molecule has 0 saturated heterocycles. The molecule has 0 atom stereocenters. The van der Waals surface area contributed by atoms with Crippen molar-refractivity contribution in [2.45, 2.75) is 192 Å². The van der Waals surface area contributed by atoms with Crippen molar-refractivity contribution in [1.29, 1.82) is 0 Å². The van der Waals surface area contributed by atoms with Crippen molar-refractivity contribution in [3.8, 4) is 40.2 Å². The molecule has 0 bridgehead atoms. The number of rotatable bonds is 37. The number of benzene rings is 10. The molecule has 0 aliphatic rings. The maximum absolute atomic E-state index is 13.2. The molecule has 30 heteroatoms. The van der Waals surface area contributed by atoms with Gasteiger partial charge in [0.15, 0.2) is 0 Å². The Morgan fingerprint density at radius 3 is 0.790 bits per heavy atom. The fraction of sp³-hybridized carbons (Fsp3) is 0.248. The van der Waals surface area contributed by atoms with Crippen molar-refractivity contribution >= 4 is 108 Å². The topological polar surface area (TPSA) is 377 Å². The minimum atomic E-state index is -0.694. The summed E-state index contributed by atoms with van der Waals surface area (Å²) in [6, 6.07) is 52.7. The van der Waals surface area contributed by atoms with Crippen LogP contribution in [-0.4, -0.2) is 70.8 Å². The van der Waals surface area contributed by atoms with Crippen molar-refractivity contribution in [2.24, 2.45) is 0 Å². The number of aliphatic hydroxyl groups excluding tert-OH is 4. The quantitative estimate of drug-likeness (QED) is 0.00565. The van der Waals surface area contributed by atoms with Gasteiger partial charge in [-0.2, -0.15) is 0 Å². The van der Waals surface area contributed by atoms with Gasteiger partial charge < -0.3 is 54.8 Å². The number of nitrogens with one attached hydrogen (secondary N) is 5. The Bertz CT molecular complexity index is 5710. The zero-order chi connectivity index (χ0) is 100. The van der Waals surface area contributed by atoms with E-state index in [0.717, 1.165) is 126 Å². The number of hydroxylamine groups is 5. The van der Waals surface area contributed by atoms with E-state index in [1.165, 1.54) is 89.4 Å². The van der Waals surface area contributed by atoms with Gasteiger partial charge in [0.25, 0.3) is 23.6 Å². The SMILES string of the molecule is C.C.C.C.C.CC(C)=CCc1c(C)ccc(/C=C/C(=O)N[O-])c1OCc1ccc(Br)cc1.CC(C)=CCc1c(CO)ccc(/C=C/C(=O)NO)c1Oc1ccc(Br)cc1.CC(C)=CCc1c(CO)ccc(/C=C/C(=O)NO)c1Oc1ccc(F)cc1.CC(C)=CCc1c(CO)ccc(/C=C\C(=O)NO)c1OCc1ccc(Br)cc1.CC(C)=CCc1c(CO)ccc(/C=C\C(=O)NO)c1OCc1ccc(F)cc1.[K+]. The molecule has 13 N–H and O–H groups in total. The summed E-state index contributed by atoms with van der Waals surface area (Å²) >= 11 is 10.2. The number of hydrogen-bond acceptors (Lipinski definition) is 19. The van der Waals surface area contributed by atoms with Crippen LogP contribution >= 0.6 is 47.8 Å². The summed E-state index contributed by atoms with van der Waals surface area (Å²) in [5.74, 6) is -0.0888. The molecule has 0 aliphatic carbocycles. The third-order valence-corrected chi connectivity index (χ3v) is 21.5. The van der Waals surface area contributed by atoms with Crippen LogP contribution in [0.3, 0.4) is 0 Å². The van der Waals surface area contributed by atoms with E-state index in [0.29, 0.717) is 101 Å². The van der Waals surface area contributed by atoms with Crippen molar-refractivity contribution in [3.05, 3.63) is 401 Å². The normalized spacial score (nSPS) is 10.3. The van der Waals surface area contributed by atoms with E-state index in [1.807, 2.05) is 165 Å². The number of halogens is 5. The van der Waals surface area contributed by atoms with E-state index in [4.69, 9.17) is 44.5 Å². The van der Waals surface area contributed by atoms with E-state index in [9.17, 15) is 58.4 Å². The first-order valence-corrected chi connectivity index (χ1v) is 45.4. The Morgan fingerprint density at radius 2 is 0.531 bits per heavy atom. The van der Waals surface area contributed by atoms with Gasteiger partial charge in [0, 0.05) is 99.4 Å². The molecule has 10 rings (SSSR count). The summed E-state index contributed by atoms with van der Waals surface area (Å²) in [4.78, 5) is 56.8. The number of ether oxygens (including phenoxy) is 5. The maximum atomic E-state index is 13.2. The smallest absolute Gasteiger partial charge is 0.759 e. The van der Waals surface area contributed by atoms with Crippen molar-refractivity contribution in [3.63, 3.8) is 0 Å². The Labute approximate surface area is 908 Å². The predicted molar refractivity (Wildman–Crippen MR) is 575 cm³/mol. The summed E-state index contributed by atoms with van der Waals surface area (Å²) < 4.78 is 59.7. The molecule has 24 nitrogen and oxygen atoms in total. The molecule has 0 spiro atoms. The minimum absolute atomic E-state index is 0. The second-order valence-electron chi connectivity index (χ2n) is 31.7. The van der Waals surface area contributed by atoms with Crippen LogP contribution in [0.2, 0.25) is 0 Å². The van der Waals surface area contributed by atoms with Gasteiger partial charge in [-0.05, 0) is 268 Å². The van der Waals surface area contributed by atoms with E-state index in [-0.39, 0.29) is 133 Å². The number of carbonyl (C=O) groups excluding carboxylic acids is 5. The zero-order valence-corrected chi connectivity index (χ0v) is 86.8. The standard InChI is InChI=1S/C22H24BrNO4.C22H23BrNO3.C22H24FNO4.C21H22BrNO4.C21H22FNO4.5CH4.K/c1-15(2)3-11-20-18(13-25)7-6-17(8-12-21(26)24-27)22(20)28-14-16-4-9-19(23)10-5-16;1-15(2)4-12-20-16(3)5-8-18(9-13-21(25)24-26)22(20)27-14-17-6-10-19(23)11-7-17;1-15(2)3-11-20-18(13-25)7-6-17(8-12-21(26)24-27)22(20)28-14-16-4-9-19(23)10-5-16;2*1-14(2)3-11-19-16(13-24)5-4-15(6-12-20(25)23-26)21(19)27-18-9-7-17(22)8-10-18;;;;;;/h3-10,12,25,27H,11,13-14H2,1-2H3,(H,24,26);4-11,13H,12,14H2,1-3H3,(H-,24,25,26);3-10,12,25,27H,11,13-14H2,1-2H3,(H,24,26);2*3-10,12,24,26H,11,13H2,1-2H3,(H,23,25);5*1H4;/q;-1;;;;;;;;;+1/b12-8-;13-9+;12-8-;2*12-6+;;;;;;. The van der Waals surface area contributed by atoms with Gasteiger partial charge in [-0.25, -0.2) is 30.7 Å². The number of carbonyl (C=O) groups is 5. The first kappa shape index (κ1) is 132.